The number of nitrogens with two attached hydrogens (primary N) is 1. The van der Waals surface area contributed by atoms with E-state index in [0.717, 1.165) is 23.1 Å². The third kappa shape index (κ3) is 6.56. The van der Waals surface area contributed by atoms with Gasteiger partial charge in [0.15, 0.2) is 6.10 Å². The van der Waals surface area contributed by atoms with E-state index in [4.69, 9.17) is 14.7 Å². The number of aliphatic hydroxyl groups excluding tert-OH is 1. The lowest BCUT2D eigenvalue weighted by Crippen LogP contribution is -2.22. The van der Waals surface area contributed by atoms with E-state index in [9.17, 15) is 18.3 Å². The number of amides is 1. The summed E-state index contributed by atoms with van der Waals surface area (Å²) in [7, 11) is -3.59. The van der Waals surface area contributed by atoms with E-state index in [2.05, 4.69) is 0 Å². The maximum Gasteiger partial charge on any atom is 0.264 e. The molecular formula is C28H30N2O6S. The third-order valence-electron chi connectivity index (χ3n) is 6.04. The molecule has 4 aromatic rings. The molecule has 0 fully saturated rings. The summed E-state index contributed by atoms with van der Waals surface area (Å²) in [5.41, 5.74) is 10.0. The molecular weight excluding hydrogens is 492 g/mol. The second-order valence-electron chi connectivity index (χ2n) is 8.80. The van der Waals surface area contributed by atoms with Gasteiger partial charge in [-0.3, -0.25) is 8.98 Å². The van der Waals surface area contributed by atoms with Gasteiger partial charge in [-0.05, 0) is 41.7 Å². The molecule has 0 aliphatic rings. The average molecular weight is 523 g/mol. The fourth-order valence-corrected chi connectivity index (χ4v) is 4.85. The van der Waals surface area contributed by atoms with Crippen LogP contribution in [0.4, 0.5) is 0 Å². The van der Waals surface area contributed by atoms with E-state index in [0.29, 0.717) is 48.3 Å². The number of ether oxygens (including phenoxy) is 1. The molecule has 194 valence electrons. The molecule has 1 unspecified atom stereocenters. The van der Waals surface area contributed by atoms with Gasteiger partial charge in [0.2, 0.25) is 0 Å². The number of nitrogens with zero attached hydrogens (tertiary/aromatic N) is 1. The number of carbonyl (C=O) groups is 1. The van der Waals surface area contributed by atoms with Crippen molar-refractivity contribution in [3.63, 3.8) is 0 Å². The Kier molecular flexibility index (Phi) is 8.27. The summed E-state index contributed by atoms with van der Waals surface area (Å²) in [6, 6.07) is 23.1. The first-order valence-corrected chi connectivity index (χ1v) is 13.7. The van der Waals surface area contributed by atoms with Crippen molar-refractivity contribution in [3.8, 4) is 5.75 Å². The standard InChI is InChI=1S/C28H30N2O6S/c1-37(33,34)36-17-9-14-22-23(18-20-10-4-2-5-11-20)30-16-8-15-24(26(30)25(22)27(31)28(29)32)35-19-21-12-6-3-7-13-21/h2-8,10-13,15-16,27,31H,9,14,17-19H2,1H3,(H2,29,32). The van der Waals surface area contributed by atoms with E-state index in [1.54, 1.807) is 6.07 Å². The monoisotopic (exact) mass is 522 g/mol. The Morgan fingerprint density at radius 3 is 2.27 bits per heavy atom. The first-order valence-electron chi connectivity index (χ1n) is 11.9. The highest BCUT2D eigenvalue weighted by Crippen LogP contribution is 2.37. The molecule has 0 bridgehead atoms. The summed E-state index contributed by atoms with van der Waals surface area (Å²) in [4.78, 5) is 12.2. The van der Waals surface area contributed by atoms with Crippen LogP contribution in [0, 0.1) is 0 Å². The predicted molar refractivity (Wildman–Crippen MR) is 141 cm³/mol. The predicted octanol–water partition coefficient (Wildman–Crippen LogP) is 3.54. The van der Waals surface area contributed by atoms with Crippen LogP contribution in [0.2, 0.25) is 0 Å². The number of benzene rings is 2. The van der Waals surface area contributed by atoms with Crippen molar-refractivity contribution in [3.05, 3.63) is 107 Å². The number of aromatic nitrogens is 1. The summed E-state index contributed by atoms with van der Waals surface area (Å²) >= 11 is 0. The van der Waals surface area contributed by atoms with E-state index in [1.165, 1.54) is 0 Å². The van der Waals surface area contributed by atoms with Crippen LogP contribution >= 0.6 is 0 Å². The Morgan fingerprint density at radius 1 is 1.00 bits per heavy atom. The van der Waals surface area contributed by atoms with Crippen molar-refractivity contribution >= 4 is 21.5 Å². The molecule has 0 aliphatic heterocycles. The first kappa shape index (κ1) is 26.4. The lowest BCUT2D eigenvalue weighted by molar-refractivity contribution is -0.126. The van der Waals surface area contributed by atoms with Crippen molar-refractivity contribution < 1.29 is 27.2 Å². The highest BCUT2D eigenvalue weighted by Gasteiger charge is 2.28. The van der Waals surface area contributed by atoms with Crippen molar-refractivity contribution in [1.82, 2.24) is 4.40 Å². The number of hydrogen-bond acceptors (Lipinski definition) is 6. The number of rotatable bonds is 12. The number of carbonyl (C=O) groups excluding carboxylic acids is 1. The van der Waals surface area contributed by atoms with Crippen LogP contribution in [-0.2, 0) is 38.5 Å². The fraction of sp³-hybridized carbons (Fsp3) is 0.250. The maximum atomic E-state index is 12.2. The lowest BCUT2D eigenvalue weighted by atomic mass is 9.96. The van der Waals surface area contributed by atoms with Crippen LogP contribution in [-0.4, -0.2) is 36.7 Å². The van der Waals surface area contributed by atoms with Gasteiger partial charge in [0, 0.05) is 23.9 Å². The molecule has 2 heterocycles. The molecule has 1 amide bonds. The molecule has 37 heavy (non-hydrogen) atoms. The Morgan fingerprint density at radius 2 is 1.65 bits per heavy atom. The topological polar surface area (TPSA) is 120 Å². The van der Waals surface area contributed by atoms with Gasteiger partial charge in [-0.1, -0.05) is 60.7 Å². The quantitative estimate of drug-likeness (QED) is 0.217. The molecule has 2 aromatic carbocycles. The lowest BCUT2D eigenvalue weighted by Gasteiger charge is -2.13. The molecule has 1 atom stereocenters. The van der Waals surface area contributed by atoms with Gasteiger partial charge in [0.1, 0.15) is 12.4 Å². The molecule has 0 saturated heterocycles. The number of hydrogen-bond donors (Lipinski definition) is 2. The molecule has 9 heteroatoms. The summed E-state index contributed by atoms with van der Waals surface area (Å²) in [6.45, 7) is 0.266. The minimum atomic E-state index is -3.59. The Balaban J connectivity index is 1.83. The fourth-order valence-electron chi connectivity index (χ4n) is 4.43. The van der Waals surface area contributed by atoms with Crippen molar-refractivity contribution in [2.24, 2.45) is 5.73 Å². The highest BCUT2D eigenvalue weighted by atomic mass is 32.2. The van der Waals surface area contributed by atoms with Crippen LogP contribution in [0.1, 0.15) is 40.5 Å². The molecule has 0 radical (unpaired) electrons. The maximum absolute atomic E-state index is 12.2. The van der Waals surface area contributed by atoms with Crippen molar-refractivity contribution in [1.29, 1.82) is 0 Å². The minimum Gasteiger partial charge on any atom is -0.487 e. The smallest absolute Gasteiger partial charge is 0.264 e. The van der Waals surface area contributed by atoms with Gasteiger partial charge in [-0.25, -0.2) is 0 Å². The highest BCUT2D eigenvalue weighted by molar-refractivity contribution is 7.85. The Bertz CT molecular complexity index is 1470. The number of aliphatic hydroxyl groups is 1. The van der Waals surface area contributed by atoms with Crippen LogP contribution in [0.15, 0.2) is 79.0 Å². The van der Waals surface area contributed by atoms with Crippen LogP contribution in [0.25, 0.3) is 5.52 Å². The van der Waals surface area contributed by atoms with Crippen LogP contribution in [0.5, 0.6) is 5.75 Å². The zero-order chi connectivity index (χ0) is 26.4. The number of primary amides is 1. The summed E-state index contributed by atoms with van der Waals surface area (Å²) in [5, 5.41) is 11.0. The Hall–Kier alpha value is -3.66. The molecule has 0 spiro atoms. The third-order valence-corrected chi connectivity index (χ3v) is 6.63. The molecule has 8 nitrogen and oxygen atoms in total. The SMILES string of the molecule is CS(=O)(=O)OCCCc1c(C(O)C(N)=O)c2c(OCc3ccccc3)cccn2c1Cc1ccccc1. The largest absolute Gasteiger partial charge is 0.487 e. The molecule has 0 saturated carbocycles. The van der Waals surface area contributed by atoms with Gasteiger partial charge < -0.3 is 20.0 Å². The van der Waals surface area contributed by atoms with Gasteiger partial charge in [0.05, 0.1) is 18.4 Å². The average Bonchev–Trinajstić information content (AvgIpc) is 3.19. The summed E-state index contributed by atoms with van der Waals surface area (Å²) in [5.74, 6) is -0.389. The van der Waals surface area contributed by atoms with Crippen molar-refractivity contribution in [2.75, 3.05) is 12.9 Å². The normalized spacial score (nSPS) is 12.5. The Labute approximate surface area is 216 Å². The molecule has 2 aromatic heterocycles. The molecule has 3 N–H and O–H groups in total. The van der Waals surface area contributed by atoms with Gasteiger partial charge >= 0.3 is 0 Å². The second kappa shape index (κ2) is 11.6. The first-order chi connectivity index (χ1) is 17.7. The van der Waals surface area contributed by atoms with E-state index < -0.39 is 22.1 Å². The van der Waals surface area contributed by atoms with Gasteiger partial charge in [-0.2, -0.15) is 8.42 Å². The van der Waals surface area contributed by atoms with E-state index in [1.807, 2.05) is 77.3 Å². The van der Waals surface area contributed by atoms with E-state index in [-0.39, 0.29) is 6.61 Å². The van der Waals surface area contributed by atoms with Gasteiger partial charge in [0.25, 0.3) is 16.0 Å². The second-order valence-corrected chi connectivity index (χ2v) is 10.4. The van der Waals surface area contributed by atoms with Gasteiger partial charge in [-0.15, -0.1) is 0 Å². The van der Waals surface area contributed by atoms with Crippen LogP contribution in [0.3, 0.4) is 0 Å². The summed E-state index contributed by atoms with van der Waals surface area (Å²) in [6.07, 6.45) is 2.50. The van der Waals surface area contributed by atoms with Crippen molar-refractivity contribution in [2.45, 2.75) is 32.0 Å². The van der Waals surface area contributed by atoms with E-state index >= 15 is 0 Å². The zero-order valence-corrected chi connectivity index (χ0v) is 21.4. The van der Waals surface area contributed by atoms with Crippen LogP contribution < -0.4 is 10.5 Å². The molecule has 4 rings (SSSR count). The minimum absolute atomic E-state index is 0.0285. The summed E-state index contributed by atoms with van der Waals surface area (Å²) < 4.78 is 35.9. The zero-order valence-electron chi connectivity index (χ0n) is 20.5. The number of fused-ring (bicyclic) bond motifs is 1. The molecule has 0 aliphatic carbocycles. The number of pyridine rings is 1.